The molecule has 1 aromatic carbocycles. The van der Waals surface area contributed by atoms with Crippen molar-refractivity contribution in [1.29, 1.82) is 0 Å². The summed E-state index contributed by atoms with van der Waals surface area (Å²) in [5, 5.41) is -0.230. The smallest absolute Gasteiger partial charge is 0.293 e. The Morgan fingerprint density at radius 3 is 2.43 bits per heavy atom. The molecule has 0 bridgehead atoms. The van der Waals surface area contributed by atoms with E-state index in [2.05, 4.69) is 23.6 Å². The fourth-order valence-corrected chi connectivity index (χ4v) is 3.72. The number of nitrogens with zero attached hydrogens (tertiary/aromatic N) is 2. The summed E-state index contributed by atoms with van der Waals surface area (Å²) in [6.07, 6.45) is 7.16. The van der Waals surface area contributed by atoms with Crippen LogP contribution >= 0.6 is 11.8 Å². The molecule has 0 atom stereocenters. The van der Waals surface area contributed by atoms with Crippen LogP contribution in [0, 0.1) is 0 Å². The van der Waals surface area contributed by atoms with Gasteiger partial charge in [0.05, 0.1) is 4.91 Å². The molecule has 0 aromatic heterocycles. The highest BCUT2D eigenvalue weighted by molar-refractivity contribution is 8.18. The van der Waals surface area contributed by atoms with Crippen molar-refractivity contribution in [1.82, 2.24) is 4.90 Å². The lowest BCUT2D eigenvalue weighted by molar-refractivity contribution is -0.122. The van der Waals surface area contributed by atoms with Crippen molar-refractivity contribution in [3.8, 4) is 0 Å². The van der Waals surface area contributed by atoms with Crippen molar-refractivity contribution < 1.29 is 9.59 Å². The van der Waals surface area contributed by atoms with Crippen molar-refractivity contribution >= 4 is 34.7 Å². The van der Waals surface area contributed by atoms with Crippen molar-refractivity contribution in [2.75, 3.05) is 24.5 Å². The molecule has 120 valence electrons. The minimum atomic E-state index is -0.236. The summed E-state index contributed by atoms with van der Waals surface area (Å²) in [5.41, 5.74) is 2.16. The number of amides is 2. The van der Waals surface area contributed by atoms with E-state index in [1.807, 2.05) is 12.1 Å². The summed E-state index contributed by atoms with van der Waals surface area (Å²) in [5.74, 6) is -0.236. The lowest BCUT2D eigenvalue weighted by Crippen LogP contribution is -2.29. The van der Waals surface area contributed by atoms with Crippen LogP contribution in [0.1, 0.15) is 24.8 Å². The third-order valence-electron chi connectivity index (χ3n) is 4.10. The van der Waals surface area contributed by atoms with Crippen molar-refractivity contribution in [3.63, 3.8) is 0 Å². The molecule has 2 saturated heterocycles. The van der Waals surface area contributed by atoms with Crippen LogP contribution in [0.25, 0.3) is 6.08 Å². The molecule has 1 aromatic rings. The van der Waals surface area contributed by atoms with Gasteiger partial charge in [-0.2, -0.15) is 0 Å². The molecule has 23 heavy (non-hydrogen) atoms. The van der Waals surface area contributed by atoms with Crippen LogP contribution in [0.15, 0.2) is 41.8 Å². The van der Waals surface area contributed by atoms with E-state index in [9.17, 15) is 9.59 Å². The zero-order chi connectivity index (χ0) is 16.2. The molecule has 0 saturated carbocycles. The Morgan fingerprint density at radius 1 is 1.09 bits per heavy atom. The number of rotatable bonds is 4. The summed E-state index contributed by atoms with van der Waals surface area (Å²) >= 11 is 0.989. The highest BCUT2D eigenvalue weighted by Gasteiger charge is 2.33. The van der Waals surface area contributed by atoms with Crippen LogP contribution in [0.3, 0.4) is 0 Å². The Kier molecular flexibility index (Phi) is 4.86. The molecule has 0 radical (unpaired) electrons. The summed E-state index contributed by atoms with van der Waals surface area (Å²) in [4.78, 5) is 28.1. The number of carbonyl (C=O) groups excluding carboxylic acids is 2. The molecule has 2 fully saturated rings. The highest BCUT2D eigenvalue weighted by atomic mass is 32.2. The van der Waals surface area contributed by atoms with Gasteiger partial charge in [0.15, 0.2) is 0 Å². The second-order valence-corrected chi connectivity index (χ2v) is 6.71. The fourth-order valence-electron chi connectivity index (χ4n) is 2.87. The molecular formula is C18H20N2O2S. The minimum absolute atomic E-state index is 0.230. The Labute approximate surface area is 140 Å². The highest BCUT2D eigenvalue weighted by Crippen LogP contribution is 2.32. The predicted octanol–water partition coefficient (Wildman–Crippen LogP) is 3.90. The second-order valence-electron chi connectivity index (χ2n) is 5.72. The van der Waals surface area contributed by atoms with Gasteiger partial charge in [0.25, 0.3) is 11.1 Å². The lowest BCUT2D eigenvalue weighted by atomic mass is 10.1. The molecule has 0 aliphatic carbocycles. The maximum atomic E-state index is 12.2. The van der Waals surface area contributed by atoms with E-state index in [-0.39, 0.29) is 17.7 Å². The maximum Gasteiger partial charge on any atom is 0.293 e. The van der Waals surface area contributed by atoms with Crippen molar-refractivity contribution in [2.45, 2.75) is 19.3 Å². The lowest BCUT2D eigenvalue weighted by Gasteiger charge is -2.28. The van der Waals surface area contributed by atoms with Crippen LogP contribution in [-0.2, 0) is 4.79 Å². The number of hydrogen-bond acceptors (Lipinski definition) is 4. The molecule has 2 aliphatic heterocycles. The summed E-state index contributed by atoms with van der Waals surface area (Å²) in [7, 11) is 0. The first-order valence-electron chi connectivity index (χ1n) is 7.90. The van der Waals surface area contributed by atoms with Crippen LogP contribution in [0.5, 0.6) is 0 Å². The Balaban J connectivity index is 1.73. The van der Waals surface area contributed by atoms with Gasteiger partial charge < -0.3 is 4.90 Å². The molecule has 0 N–H and O–H groups in total. The molecule has 2 heterocycles. The molecule has 2 aliphatic rings. The third-order valence-corrected chi connectivity index (χ3v) is 5.00. The monoisotopic (exact) mass is 328 g/mol. The van der Waals surface area contributed by atoms with E-state index in [0.717, 1.165) is 30.4 Å². The van der Waals surface area contributed by atoms with Crippen molar-refractivity contribution in [3.05, 3.63) is 47.4 Å². The molecule has 3 rings (SSSR count). The topological polar surface area (TPSA) is 40.6 Å². The summed E-state index contributed by atoms with van der Waals surface area (Å²) < 4.78 is 0. The Bertz CT molecular complexity index is 645. The summed E-state index contributed by atoms with van der Waals surface area (Å²) in [6.45, 7) is 6.06. The van der Waals surface area contributed by atoms with E-state index in [4.69, 9.17) is 0 Å². The normalized spacial score (nSPS) is 20.4. The zero-order valence-electron chi connectivity index (χ0n) is 13.0. The van der Waals surface area contributed by atoms with Crippen LogP contribution < -0.4 is 4.90 Å². The number of piperidine rings is 1. The average molecular weight is 328 g/mol. The largest absolute Gasteiger partial charge is 0.372 e. The molecule has 2 amide bonds. The van der Waals surface area contributed by atoms with Gasteiger partial charge in [0, 0.05) is 25.3 Å². The summed E-state index contributed by atoms with van der Waals surface area (Å²) in [6, 6.07) is 8.19. The van der Waals surface area contributed by atoms with Gasteiger partial charge in [-0.1, -0.05) is 18.2 Å². The second kappa shape index (κ2) is 7.04. The van der Waals surface area contributed by atoms with Crippen molar-refractivity contribution in [2.24, 2.45) is 0 Å². The molecule has 0 spiro atoms. The van der Waals surface area contributed by atoms with Crippen LogP contribution in [-0.4, -0.2) is 35.7 Å². The van der Waals surface area contributed by atoms with Gasteiger partial charge in [-0.05, 0) is 54.8 Å². The van der Waals surface area contributed by atoms with Crippen LogP contribution in [0.4, 0.5) is 10.5 Å². The van der Waals surface area contributed by atoms with Crippen LogP contribution in [0.2, 0.25) is 0 Å². The van der Waals surface area contributed by atoms with E-state index < -0.39 is 0 Å². The molecule has 4 nitrogen and oxygen atoms in total. The Hall–Kier alpha value is -2.01. The molecule has 5 heteroatoms. The number of benzene rings is 1. The van der Waals surface area contributed by atoms with Gasteiger partial charge >= 0.3 is 0 Å². The number of hydrogen-bond donors (Lipinski definition) is 0. The first kappa shape index (κ1) is 15.9. The molecule has 0 unspecified atom stereocenters. The first-order valence-corrected chi connectivity index (χ1v) is 8.72. The number of imide groups is 1. The van der Waals surface area contributed by atoms with E-state index >= 15 is 0 Å². The number of carbonyl (C=O) groups is 2. The van der Waals surface area contributed by atoms with Gasteiger partial charge in [0.2, 0.25) is 0 Å². The maximum absolute atomic E-state index is 12.2. The van der Waals surface area contributed by atoms with E-state index in [1.165, 1.54) is 29.8 Å². The number of thioether (sulfide) groups is 1. The SMILES string of the molecule is C=CCN1C(=O)S/C(=C\c2ccc(N3CCCCC3)cc2)C1=O. The fraction of sp³-hybridized carbons (Fsp3) is 0.333. The van der Waals surface area contributed by atoms with E-state index in [1.54, 1.807) is 12.2 Å². The number of anilines is 1. The zero-order valence-corrected chi connectivity index (χ0v) is 13.8. The third kappa shape index (κ3) is 3.50. The van der Waals surface area contributed by atoms with Gasteiger partial charge in [0.1, 0.15) is 0 Å². The quantitative estimate of drug-likeness (QED) is 0.621. The van der Waals surface area contributed by atoms with Gasteiger partial charge in [-0.15, -0.1) is 6.58 Å². The van der Waals surface area contributed by atoms with Gasteiger partial charge in [-0.3, -0.25) is 14.5 Å². The first-order chi connectivity index (χ1) is 11.2. The minimum Gasteiger partial charge on any atom is -0.372 e. The standard InChI is InChI=1S/C18H20N2O2S/c1-2-10-20-17(21)16(23-18(20)22)13-14-6-8-15(9-7-14)19-11-4-3-5-12-19/h2,6-9,13H,1,3-5,10-12H2/b16-13-. The van der Waals surface area contributed by atoms with E-state index in [0.29, 0.717) is 4.91 Å². The molecular weight excluding hydrogens is 308 g/mol. The average Bonchev–Trinajstić information content (AvgIpc) is 2.84. The predicted molar refractivity (Wildman–Crippen MR) is 95.4 cm³/mol. The Morgan fingerprint density at radius 2 is 1.78 bits per heavy atom. The van der Waals surface area contributed by atoms with Gasteiger partial charge in [-0.25, -0.2) is 0 Å².